The molecular formula is C22H23N3O2S. The van der Waals surface area contributed by atoms with Crippen LogP contribution in [0, 0.1) is 0 Å². The van der Waals surface area contributed by atoms with Crippen LogP contribution < -0.4 is 4.74 Å². The van der Waals surface area contributed by atoms with Gasteiger partial charge in [-0.3, -0.25) is 9.69 Å². The predicted molar refractivity (Wildman–Crippen MR) is 110 cm³/mol. The van der Waals surface area contributed by atoms with E-state index in [0.29, 0.717) is 12.6 Å². The maximum absolute atomic E-state index is 13.2. The number of likely N-dealkylation sites (tertiary alicyclic amines) is 1. The van der Waals surface area contributed by atoms with Crippen LogP contribution in [0.15, 0.2) is 60.1 Å². The standard InChI is InChI=1S/C22H23N3O2S/c1-27-17-6-2-5-16(11-17)12-23-14-20-21(15-23)25(13-18-7-4-10-28-18)22(26)19-8-3-9-24(19)20/h2-11,20-21H,12-15H2,1H3/t20-,21+/m0/s1. The Morgan fingerprint density at radius 3 is 2.79 bits per heavy atom. The van der Waals surface area contributed by atoms with Crippen molar-refractivity contribution < 1.29 is 9.53 Å². The molecule has 2 aliphatic rings. The van der Waals surface area contributed by atoms with Crippen LogP contribution in [0.2, 0.25) is 0 Å². The van der Waals surface area contributed by atoms with E-state index in [0.717, 1.165) is 31.1 Å². The van der Waals surface area contributed by atoms with Gasteiger partial charge in [0.15, 0.2) is 0 Å². The Balaban J connectivity index is 1.41. The van der Waals surface area contributed by atoms with Crippen molar-refractivity contribution in [2.24, 2.45) is 0 Å². The lowest BCUT2D eigenvalue weighted by Gasteiger charge is -2.38. The number of carbonyl (C=O) groups excluding carboxylic acids is 1. The molecule has 1 amide bonds. The first-order valence-corrected chi connectivity index (χ1v) is 10.5. The number of hydrogen-bond donors (Lipinski definition) is 0. The van der Waals surface area contributed by atoms with Gasteiger partial charge in [0.05, 0.1) is 25.7 Å². The van der Waals surface area contributed by atoms with Crippen molar-refractivity contribution in [2.45, 2.75) is 25.2 Å². The lowest BCUT2D eigenvalue weighted by molar-refractivity contribution is 0.0559. The Hall–Kier alpha value is -2.57. The largest absolute Gasteiger partial charge is 0.497 e. The summed E-state index contributed by atoms with van der Waals surface area (Å²) < 4.78 is 7.55. The molecule has 1 fully saturated rings. The second kappa shape index (κ2) is 7.11. The van der Waals surface area contributed by atoms with Crippen LogP contribution in [0.4, 0.5) is 0 Å². The fraction of sp³-hybridized carbons (Fsp3) is 0.318. The number of nitrogens with zero attached hydrogens (tertiary/aromatic N) is 3. The van der Waals surface area contributed by atoms with E-state index in [1.807, 2.05) is 24.3 Å². The highest BCUT2D eigenvalue weighted by Gasteiger charge is 2.44. The molecular weight excluding hydrogens is 370 g/mol. The Kier molecular flexibility index (Phi) is 4.45. The third-order valence-electron chi connectivity index (χ3n) is 5.80. The molecule has 1 saturated heterocycles. The van der Waals surface area contributed by atoms with Crippen molar-refractivity contribution in [2.75, 3.05) is 20.2 Å². The van der Waals surface area contributed by atoms with Crippen molar-refractivity contribution >= 4 is 17.2 Å². The summed E-state index contributed by atoms with van der Waals surface area (Å²) in [5.74, 6) is 1.03. The molecule has 2 aliphatic heterocycles. The zero-order valence-corrected chi connectivity index (χ0v) is 16.6. The van der Waals surface area contributed by atoms with Crippen molar-refractivity contribution in [3.05, 3.63) is 76.2 Å². The number of rotatable bonds is 5. The molecule has 5 rings (SSSR count). The fourth-order valence-corrected chi connectivity index (χ4v) is 5.21. The molecule has 2 aromatic heterocycles. The van der Waals surface area contributed by atoms with Gasteiger partial charge < -0.3 is 14.2 Å². The van der Waals surface area contributed by atoms with Crippen LogP contribution in [0.5, 0.6) is 5.75 Å². The first-order valence-electron chi connectivity index (χ1n) is 9.58. The minimum absolute atomic E-state index is 0.142. The quantitative estimate of drug-likeness (QED) is 0.664. The number of amides is 1. The van der Waals surface area contributed by atoms with Gasteiger partial charge in [-0.05, 0) is 41.3 Å². The first-order chi connectivity index (χ1) is 13.7. The van der Waals surface area contributed by atoms with Crippen LogP contribution in [-0.4, -0.2) is 46.5 Å². The van der Waals surface area contributed by atoms with E-state index in [1.54, 1.807) is 18.4 Å². The number of aromatic nitrogens is 1. The van der Waals surface area contributed by atoms with Gasteiger partial charge in [0.25, 0.3) is 5.91 Å². The average molecular weight is 394 g/mol. The molecule has 0 bridgehead atoms. The molecule has 28 heavy (non-hydrogen) atoms. The molecule has 6 heteroatoms. The number of ether oxygens (including phenoxy) is 1. The molecule has 5 nitrogen and oxygen atoms in total. The van der Waals surface area contributed by atoms with Gasteiger partial charge in [-0.2, -0.15) is 0 Å². The molecule has 0 unspecified atom stereocenters. The smallest absolute Gasteiger partial charge is 0.271 e. The molecule has 2 atom stereocenters. The first kappa shape index (κ1) is 17.5. The monoisotopic (exact) mass is 393 g/mol. The summed E-state index contributed by atoms with van der Waals surface area (Å²) in [6.45, 7) is 3.38. The van der Waals surface area contributed by atoms with Gasteiger partial charge in [0.2, 0.25) is 0 Å². The van der Waals surface area contributed by atoms with Crippen molar-refractivity contribution in [1.82, 2.24) is 14.4 Å². The number of hydrogen-bond acceptors (Lipinski definition) is 4. The summed E-state index contributed by atoms with van der Waals surface area (Å²) in [5, 5.41) is 2.08. The molecule has 144 valence electrons. The maximum Gasteiger partial charge on any atom is 0.271 e. The van der Waals surface area contributed by atoms with E-state index >= 15 is 0 Å². The molecule has 0 radical (unpaired) electrons. The second-order valence-corrected chi connectivity index (χ2v) is 8.53. The van der Waals surface area contributed by atoms with Gasteiger partial charge >= 0.3 is 0 Å². The summed E-state index contributed by atoms with van der Waals surface area (Å²) in [6.07, 6.45) is 2.06. The zero-order chi connectivity index (χ0) is 19.1. The van der Waals surface area contributed by atoms with Gasteiger partial charge in [-0.15, -0.1) is 11.3 Å². The highest BCUT2D eigenvalue weighted by Crippen LogP contribution is 2.35. The third-order valence-corrected chi connectivity index (χ3v) is 6.66. The predicted octanol–water partition coefficient (Wildman–Crippen LogP) is 3.64. The van der Waals surface area contributed by atoms with Crippen LogP contribution in [0.1, 0.15) is 27.0 Å². The minimum Gasteiger partial charge on any atom is -0.497 e. The van der Waals surface area contributed by atoms with Gasteiger partial charge in [-0.25, -0.2) is 0 Å². The molecule has 0 saturated carbocycles. The van der Waals surface area contributed by atoms with Crippen molar-refractivity contribution in [3.63, 3.8) is 0 Å². The summed E-state index contributed by atoms with van der Waals surface area (Å²) in [6, 6.07) is 16.8. The molecule has 1 aromatic carbocycles. The number of fused-ring (bicyclic) bond motifs is 3. The number of carbonyl (C=O) groups is 1. The molecule has 0 spiro atoms. The third kappa shape index (κ3) is 3.02. The fourth-order valence-electron chi connectivity index (χ4n) is 4.51. The van der Waals surface area contributed by atoms with Gasteiger partial charge in [0, 0.05) is 30.7 Å². The lowest BCUT2D eigenvalue weighted by Crippen LogP contribution is -2.49. The van der Waals surface area contributed by atoms with Crippen LogP contribution >= 0.6 is 11.3 Å². The Morgan fingerprint density at radius 2 is 1.96 bits per heavy atom. The van der Waals surface area contributed by atoms with Gasteiger partial charge in [-0.1, -0.05) is 18.2 Å². The summed E-state index contributed by atoms with van der Waals surface area (Å²) in [4.78, 5) is 18.9. The number of thiophene rings is 1. The van der Waals surface area contributed by atoms with Gasteiger partial charge in [0.1, 0.15) is 11.4 Å². The Labute approximate surface area is 168 Å². The topological polar surface area (TPSA) is 37.7 Å². The normalized spacial score (nSPS) is 21.6. The van der Waals surface area contributed by atoms with E-state index in [9.17, 15) is 4.79 Å². The van der Waals surface area contributed by atoms with E-state index in [-0.39, 0.29) is 11.9 Å². The maximum atomic E-state index is 13.2. The second-order valence-electron chi connectivity index (χ2n) is 7.49. The highest BCUT2D eigenvalue weighted by molar-refractivity contribution is 7.09. The highest BCUT2D eigenvalue weighted by atomic mass is 32.1. The number of benzene rings is 1. The van der Waals surface area contributed by atoms with Crippen LogP contribution in [0.3, 0.4) is 0 Å². The zero-order valence-electron chi connectivity index (χ0n) is 15.8. The van der Waals surface area contributed by atoms with E-state index in [4.69, 9.17) is 4.74 Å². The molecule has 4 heterocycles. The summed E-state index contributed by atoms with van der Waals surface area (Å²) in [7, 11) is 1.70. The minimum atomic E-state index is 0.142. The molecule has 0 aliphatic carbocycles. The van der Waals surface area contributed by atoms with Crippen LogP contribution in [0.25, 0.3) is 0 Å². The Bertz CT molecular complexity index is 981. The Morgan fingerprint density at radius 1 is 1.07 bits per heavy atom. The molecule has 0 N–H and O–H groups in total. The van der Waals surface area contributed by atoms with E-state index < -0.39 is 0 Å². The SMILES string of the molecule is COc1cccc(CN2C[C@@H]3[C@H](C2)n2cccc2C(=O)N3Cc2cccs2)c1. The van der Waals surface area contributed by atoms with Crippen LogP contribution in [-0.2, 0) is 13.1 Å². The lowest BCUT2D eigenvalue weighted by atomic mass is 10.1. The number of methoxy groups -OCH3 is 1. The van der Waals surface area contributed by atoms with E-state index in [1.165, 1.54) is 10.4 Å². The summed E-state index contributed by atoms with van der Waals surface area (Å²) in [5.41, 5.74) is 2.04. The van der Waals surface area contributed by atoms with E-state index in [2.05, 4.69) is 50.2 Å². The molecule has 3 aromatic rings. The average Bonchev–Trinajstić information content (AvgIpc) is 3.45. The van der Waals surface area contributed by atoms with Crippen molar-refractivity contribution in [3.8, 4) is 5.75 Å². The summed E-state index contributed by atoms with van der Waals surface area (Å²) >= 11 is 1.72. The van der Waals surface area contributed by atoms with Crippen molar-refractivity contribution in [1.29, 1.82) is 0 Å².